The van der Waals surface area contributed by atoms with E-state index in [0.717, 1.165) is 24.5 Å². The maximum Gasteiger partial charge on any atom is 0.114 e. The molecule has 0 saturated carbocycles. The van der Waals surface area contributed by atoms with Gasteiger partial charge in [0.05, 0.1) is 12.6 Å². The minimum absolute atomic E-state index is 0.193. The fourth-order valence-electron chi connectivity index (χ4n) is 2.03. The topological polar surface area (TPSA) is 21.3 Å². The van der Waals surface area contributed by atoms with Crippen molar-refractivity contribution in [3.05, 3.63) is 41.7 Å². The number of rotatable bonds is 5. The molecule has 1 atom stereocenters. The second kappa shape index (κ2) is 6.12. The van der Waals surface area contributed by atoms with Crippen molar-refractivity contribution < 1.29 is 4.74 Å². The van der Waals surface area contributed by atoms with E-state index in [9.17, 15) is 0 Å². The van der Waals surface area contributed by atoms with Crippen molar-refractivity contribution >= 4 is 11.8 Å². The van der Waals surface area contributed by atoms with Crippen molar-refractivity contribution in [3.63, 3.8) is 0 Å². The molecule has 2 rings (SSSR count). The summed E-state index contributed by atoms with van der Waals surface area (Å²) in [5, 5.41) is 3.31. The largest absolute Gasteiger partial charge is 0.496 e. The summed E-state index contributed by atoms with van der Waals surface area (Å²) < 4.78 is 5.63. The molecule has 1 heterocycles. The number of likely N-dealkylation sites (N-methyl/N-ethyl adjacent to an activating group) is 1. The Bertz CT molecular complexity index is 386. The number of hydrogen-bond donors (Lipinski definition) is 1. The average Bonchev–Trinajstić information content (AvgIpc) is 2.86. The van der Waals surface area contributed by atoms with Crippen LogP contribution in [0.5, 0.6) is 0 Å². The standard InChI is InChI=1S/C14H19NOS/c1-3-17-12-8-6-11(7-9-12)14(15-2)13-5-4-10-16-13/h5-9,14-15H,3-4,10H2,1-2H3. The first-order chi connectivity index (χ1) is 8.35. The highest BCUT2D eigenvalue weighted by Crippen LogP contribution is 2.27. The highest BCUT2D eigenvalue weighted by atomic mass is 32.2. The van der Waals surface area contributed by atoms with Crippen molar-refractivity contribution in [2.24, 2.45) is 0 Å². The number of hydrogen-bond acceptors (Lipinski definition) is 3. The molecule has 0 aliphatic carbocycles. The first-order valence-corrected chi connectivity index (χ1v) is 7.06. The van der Waals surface area contributed by atoms with Gasteiger partial charge in [0.15, 0.2) is 0 Å². The van der Waals surface area contributed by atoms with Crippen molar-refractivity contribution in [1.29, 1.82) is 0 Å². The Kier molecular flexibility index (Phi) is 4.51. The Labute approximate surface area is 107 Å². The van der Waals surface area contributed by atoms with Crippen molar-refractivity contribution in [3.8, 4) is 0 Å². The lowest BCUT2D eigenvalue weighted by Crippen LogP contribution is -2.18. The van der Waals surface area contributed by atoms with Gasteiger partial charge in [-0.3, -0.25) is 0 Å². The van der Waals surface area contributed by atoms with E-state index in [1.807, 2.05) is 18.8 Å². The summed E-state index contributed by atoms with van der Waals surface area (Å²) in [7, 11) is 1.97. The van der Waals surface area contributed by atoms with Crippen LogP contribution in [0.25, 0.3) is 0 Å². The molecule has 3 heteroatoms. The lowest BCUT2D eigenvalue weighted by atomic mass is 10.1. The second-order valence-corrected chi connectivity index (χ2v) is 5.30. The predicted molar refractivity (Wildman–Crippen MR) is 73.3 cm³/mol. The van der Waals surface area contributed by atoms with E-state index in [1.165, 1.54) is 10.5 Å². The van der Waals surface area contributed by atoms with Gasteiger partial charge in [0, 0.05) is 11.3 Å². The van der Waals surface area contributed by atoms with Crippen molar-refractivity contribution in [1.82, 2.24) is 5.32 Å². The molecule has 0 fully saturated rings. The Morgan fingerprint density at radius 1 is 1.35 bits per heavy atom. The predicted octanol–water partition coefficient (Wildman–Crippen LogP) is 3.36. The van der Waals surface area contributed by atoms with Crippen LogP contribution in [0, 0.1) is 0 Å². The Morgan fingerprint density at radius 3 is 2.65 bits per heavy atom. The molecule has 0 spiro atoms. The van der Waals surface area contributed by atoms with Crippen molar-refractivity contribution in [2.75, 3.05) is 19.4 Å². The van der Waals surface area contributed by atoms with E-state index in [0.29, 0.717) is 0 Å². The molecule has 92 valence electrons. The van der Waals surface area contributed by atoms with Crippen LogP contribution < -0.4 is 5.32 Å². The highest BCUT2D eigenvalue weighted by molar-refractivity contribution is 7.99. The number of benzene rings is 1. The summed E-state index contributed by atoms with van der Waals surface area (Å²) in [5.74, 6) is 2.17. The Hall–Kier alpha value is -0.930. The van der Waals surface area contributed by atoms with E-state index in [4.69, 9.17) is 4.74 Å². The molecule has 1 aromatic carbocycles. The Morgan fingerprint density at radius 2 is 2.12 bits per heavy atom. The van der Waals surface area contributed by atoms with Crippen molar-refractivity contribution in [2.45, 2.75) is 24.3 Å². The van der Waals surface area contributed by atoms with Crippen LogP contribution in [-0.2, 0) is 4.74 Å². The molecule has 0 amide bonds. The minimum atomic E-state index is 0.193. The van der Waals surface area contributed by atoms with Crippen LogP contribution >= 0.6 is 11.8 Å². The van der Waals surface area contributed by atoms with Crippen LogP contribution in [0.2, 0.25) is 0 Å². The first kappa shape index (κ1) is 12.5. The average molecular weight is 249 g/mol. The molecule has 1 N–H and O–H groups in total. The molecular weight excluding hydrogens is 230 g/mol. The minimum Gasteiger partial charge on any atom is -0.496 e. The molecule has 1 aliphatic heterocycles. The van der Waals surface area contributed by atoms with Gasteiger partial charge in [-0.2, -0.15) is 0 Å². The van der Waals surface area contributed by atoms with Gasteiger partial charge < -0.3 is 10.1 Å². The van der Waals surface area contributed by atoms with E-state index in [-0.39, 0.29) is 6.04 Å². The second-order valence-electron chi connectivity index (χ2n) is 3.97. The third kappa shape index (κ3) is 3.05. The number of thioether (sulfide) groups is 1. The van der Waals surface area contributed by atoms with E-state index < -0.39 is 0 Å². The third-order valence-electron chi connectivity index (χ3n) is 2.83. The molecule has 1 aliphatic rings. The molecule has 0 saturated heterocycles. The lowest BCUT2D eigenvalue weighted by molar-refractivity contribution is 0.218. The van der Waals surface area contributed by atoms with Gasteiger partial charge in [0.1, 0.15) is 5.76 Å². The molecule has 2 nitrogen and oxygen atoms in total. The zero-order valence-electron chi connectivity index (χ0n) is 10.4. The summed E-state index contributed by atoms with van der Waals surface area (Å²) in [6, 6.07) is 8.92. The normalized spacial score (nSPS) is 16.5. The van der Waals surface area contributed by atoms with Gasteiger partial charge in [-0.1, -0.05) is 19.1 Å². The zero-order valence-corrected chi connectivity index (χ0v) is 11.2. The smallest absolute Gasteiger partial charge is 0.114 e. The number of nitrogens with one attached hydrogen (secondary N) is 1. The maximum absolute atomic E-state index is 5.63. The van der Waals surface area contributed by atoms with Gasteiger partial charge >= 0.3 is 0 Å². The molecule has 0 aromatic heterocycles. The fraction of sp³-hybridized carbons (Fsp3) is 0.429. The first-order valence-electron chi connectivity index (χ1n) is 6.08. The Balaban J connectivity index is 2.13. The summed E-state index contributed by atoms with van der Waals surface area (Å²) in [6.07, 6.45) is 3.20. The highest BCUT2D eigenvalue weighted by Gasteiger charge is 2.18. The third-order valence-corrected chi connectivity index (χ3v) is 3.72. The summed E-state index contributed by atoms with van der Waals surface area (Å²) in [5.41, 5.74) is 1.26. The summed E-state index contributed by atoms with van der Waals surface area (Å²) in [4.78, 5) is 1.33. The summed E-state index contributed by atoms with van der Waals surface area (Å²) in [6.45, 7) is 2.99. The number of ether oxygens (including phenoxy) is 1. The molecule has 1 unspecified atom stereocenters. The van der Waals surface area contributed by atoms with Crippen LogP contribution in [0.1, 0.15) is 24.9 Å². The van der Waals surface area contributed by atoms with Crippen LogP contribution in [0.3, 0.4) is 0 Å². The van der Waals surface area contributed by atoms with Gasteiger partial charge in [-0.05, 0) is 36.6 Å². The zero-order chi connectivity index (χ0) is 12.1. The van der Waals surface area contributed by atoms with E-state index >= 15 is 0 Å². The maximum atomic E-state index is 5.63. The molecule has 17 heavy (non-hydrogen) atoms. The summed E-state index contributed by atoms with van der Waals surface area (Å²) >= 11 is 1.87. The molecule has 1 aromatic rings. The SMILES string of the molecule is CCSc1ccc(C(NC)C2=CCCO2)cc1. The van der Waals surface area contributed by atoms with E-state index in [2.05, 4.69) is 42.6 Å². The van der Waals surface area contributed by atoms with Crippen LogP contribution in [-0.4, -0.2) is 19.4 Å². The van der Waals surface area contributed by atoms with Crippen LogP contribution in [0.4, 0.5) is 0 Å². The fourth-order valence-corrected chi connectivity index (χ4v) is 2.70. The van der Waals surface area contributed by atoms with Gasteiger partial charge in [-0.25, -0.2) is 0 Å². The van der Waals surface area contributed by atoms with Crippen LogP contribution in [0.15, 0.2) is 41.0 Å². The monoisotopic (exact) mass is 249 g/mol. The molecular formula is C14H19NOS. The lowest BCUT2D eigenvalue weighted by Gasteiger charge is -2.18. The van der Waals surface area contributed by atoms with Gasteiger partial charge in [-0.15, -0.1) is 11.8 Å². The van der Waals surface area contributed by atoms with Gasteiger partial charge in [0.2, 0.25) is 0 Å². The quantitative estimate of drug-likeness (QED) is 0.808. The molecule has 0 radical (unpaired) electrons. The van der Waals surface area contributed by atoms with Gasteiger partial charge in [0.25, 0.3) is 0 Å². The molecule has 0 bridgehead atoms. The van der Waals surface area contributed by atoms with E-state index in [1.54, 1.807) is 0 Å².